The number of carboxylic acid groups (broad SMARTS) is 1. The Balaban J connectivity index is 2.42. The molecule has 6 heteroatoms. The minimum atomic E-state index is -1.58. The first-order valence-corrected chi connectivity index (χ1v) is 5.01. The molecule has 1 amide bonds. The smallest absolute Gasteiger partial charge is 0.334 e. The van der Waals surface area contributed by atoms with Gasteiger partial charge >= 0.3 is 5.97 Å². The van der Waals surface area contributed by atoms with E-state index in [1.165, 1.54) is 0 Å². The van der Waals surface area contributed by atoms with Crippen molar-refractivity contribution in [3.05, 3.63) is 29.8 Å². The number of nitrogens with two attached hydrogens (primary N) is 1. The lowest BCUT2D eigenvalue weighted by molar-refractivity contribution is -0.146. The maximum atomic E-state index is 11.4. The molecule has 0 spiro atoms. The number of aliphatic carboxylic acids is 1. The largest absolute Gasteiger partial charge is 0.479 e. The van der Waals surface area contributed by atoms with Crippen LogP contribution in [-0.4, -0.2) is 34.7 Å². The van der Waals surface area contributed by atoms with E-state index in [1.807, 2.05) is 0 Å². The van der Waals surface area contributed by atoms with Gasteiger partial charge in [0.1, 0.15) is 0 Å². The average Bonchev–Trinajstić information content (AvgIpc) is 2.25. The minimum absolute atomic E-state index is 0.0946. The number of amides is 1. The molecule has 5 N–H and O–H groups in total. The lowest BCUT2D eigenvalue weighted by Gasteiger charge is -2.08. The van der Waals surface area contributed by atoms with Gasteiger partial charge in [0, 0.05) is 5.69 Å². The monoisotopic (exact) mass is 238 g/mol. The summed E-state index contributed by atoms with van der Waals surface area (Å²) < 4.78 is 0. The van der Waals surface area contributed by atoms with Crippen LogP contribution in [0, 0.1) is 0 Å². The molecular formula is C11H14N2O4. The molecule has 0 aliphatic heterocycles. The SMILES string of the molecule is Nc1cccc(CC(=O)NC[C@H](O)C(=O)O)c1. The van der Waals surface area contributed by atoms with Gasteiger partial charge in [-0.05, 0) is 17.7 Å². The molecule has 0 bridgehead atoms. The molecule has 0 unspecified atom stereocenters. The predicted molar refractivity (Wildman–Crippen MR) is 61.2 cm³/mol. The number of hydrogen-bond donors (Lipinski definition) is 4. The number of carbonyl (C=O) groups is 2. The van der Waals surface area contributed by atoms with Crippen molar-refractivity contribution in [3.8, 4) is 0 Å². The van der Waals surface area contributed by atoms with Gasteiger partial charge in [0.05, 0.1) is 13.0 Å². The van der Waals surface area contributed by atoms with Crippen molar-refractivity contribution in [1.29, 1.82) is 0 Å². The molecule has 17 heavy (non-hydrogen) atoms. The van der Waals surface area contributed by atoms with Gasteiger partial charge < -0.3 is 21.3 Å². The molecule has 1 aromatic carbocycles. The third-order valence-electron chi connectivity index (χ3n) is 2.09. The van der Waals surface area contributed by atoms with Crippen LogP contribution in [0.1, 0.15) is 5.56 Å². The number of rotatable bonds is 5. The van der Waals surface area contributed by atoms with Crippen LogP contribution in [0.15, 0.2) is 24.3 Å². The Bertz CT molecular complexity index is 420. The normalized spacial score (nSPS) is 11.8. The Hall–Kier alpha value is -2.08. The second kappa shape index (κ2) is 5.86. The first-order valence-electron chi connectivity index (χ1n) is 5.01. The van der Waals surface area contributed by atoms with Gasteiger partial charge in [-0.2, -0.15) is 0 Å². The zero-order chi connectivity index (χ0) is 12.8. The minimum Gasteiger partial charge on any atom is -0.479 e. The summed E-state index contributed by atoms with van der Waals surface area (Å²) in [6.07, 6.45) is -1.49. The van der Waals surface area contributed by atoms with Crippen LogP contribution < -0.4 is 11.1 Å². The lowest BCUT2D eigenvalue weighted by Crippen LogP contribution is -2.37. The second-order valence-corrected chi connectivity index (χ2v) is 3.58. The Labute approximate surface area is 98.1 Å². The summed E-state index contributed by atoms with van der Waals surface area (Å²) in [5.41, 5.74) is 6.83. The second-order valence-electron chi connectivity index (χ2n) is 3.58. The fraction of sp³-hybridized carbons (Fsp3) is 0.273. The molecule has 1 aromatic rings. The highest BCUT2D eigenvalue weighted by molar-refractivity contribution is 5.80. The van der Waals surface area contributed by atoms with Gasteiger partial charge in [-0.1, -0.05) is 12.1 Å². The maximum Gasteiger partial charge on any atom is 0.334 e. The van der Waals surface area contributed by atoms with Crippen LogP contribution in [0.3, 0.4) is 0 Å². The molecule has 1 rings (SSSR count). The van der Waals surface area contributed by atoms with Crippen molar-refractivity contribution < 1.29 is 19.8 Å². The molecule has 0 aromatic heterocycles. The summed E-state index contributed by atoms with van der Waals surface area (Å²) in [7, 11) is 0. The van der Waals surface area contributed by atoms with Crippen LogP contribution in [-0.2, 0) is 16.0 Å². The fourth-order valence-electron chi connectivity index (χ4n) is 1.25. The summed E-state index contributed by atoms with van der Waals surface area (Å²) in [5.74, 6) is -1.73. The molecule has 0 heterocycles. The number of aliphatic hydroxyl groups is 1. The van der Waals surface area contributed by atoms with Crippen molar-refractivity contribution >= 4 is 17.6 Å². The van der Waals surface area contributed by atoms with Gasteiger partial charge in [-0.15, -0.1) is 0 Å². The van der Waals surface area contributed by atoms with Crippen LogP contribution in [0.25, 0.3) is 0 Å². The Morgan fingerprint density at radius 1 is 1.41 bits per heavy atom. The van der Waals surface area contributed by atoms with E-state index < -0.39 is 12.1 Å². The summed E-state index contributed by atoms with van der Waals surface area (Å²) in [4.78, 5) is 21.7. The molecular weight excluding hydrogens is 224 g/mol. The van der Waals surface area contributed by atoms with E-state index in [0.717, 1.165) is 5.56 Å². The third kappa shape index (κ3) is 4.52. The van der Waals surface area contributed by atoms with Crippen LogP contribution in [0.2, 0.25) is 0 Å². The highest BCUT2D eigenvalue weighted by Gasteiger charge is 2.14. The standard InChI is InChI=1S/C11H14N2O4/c12-8-3-1-2-7(4-8)5-10(15)13-6-9(14)11(16)17/h1-4,9,14H,5-6,12H2,(H,13,15)(H,16,17)/t9-/m0/s1. The number of nitrogens with one attached hydrogen (secondary N) is 1. The number of hydrogen-bond acceptors (Lipinski definition) is 4. The van der Waals surface area contributed by atoms with E-state index in [0.29, 0.717) is 5.69 Å². The molecule has 0 aliphatic rings. The zero-order valence-electron chi connectivity index (χ0n) is 9.09. The number of anilines is 1. The molecule has 0 saturated carbocycles. The van der Waals surface area contributed by atoms with Crippen molar-refractivity contribution in [3.63, 3.8) is 0 Å². The van der Waals surface area contributed by atoms with Gasteiger partial charge in [-0.25, -0.2) is 4.79 Å². The summed E-state index contributed by atoms with van der Waals surface area (Å²) in [6.45, 7) is -0.309. The maximum absolute atomic E-state index is 11.4. The van der Waals surface area contributed by atoms with Crippen molar-refractivity contribution in [2.75, 3.05) is 12.3 Å². The summed E-state index contributed by atoms with van der Waals surface area (Å²) in [5, 5.41) is 19.7. The quantitative estimate of drug-likeness (QED) is 0.510. The van der Waals surface area contributed by atoms with Crippen molar-refractivity contribution in [2.24, 2.45) is 0 Å². The third-order valence-corrected chi connectivity index (χ3v) is 2.09. The number of aliphatic hydroxyl groups excluding tert-OH is 1. The molecule has 0 radical (unpaired) electrons. The average molecular weight is 238 g/mol. The zero-order valence-corrected chi connectivity index (χ0v) is 9.09. The number of carboxylic acids is 1. The van der Waals surface area contributed by atoms with Gasteiger partial charge in [0.15, 0.2) is 6.10 Å². The van der Waals surface area contributed by atoms with Crippen LogP contribution in [0.5, 0.6) is 0 Å². The Morgan fingerprint density at radius 2 is 2.12 bits per heavy atom. The summed E-state index contributed by atoms with van der Waals surface area (Å²) in [6, 6.07) is 6.83. The first-order chi connectivity index (χ1) is 7.99. The molecule has 1 atom stereocenters. The number of carbonyl (C=O) groups excluding carboxylic acids is 1. The van der Waals surface area contributed by atoms with E-state index in [4.69, 9.17) is 15.9 Å². The molecule has 6 nitrogen and oxygen atoms in total. The van der Waals surface area contributed by atoms with E-state index in [9.17, 15) is 9.59 Å². The van der Waals surface area contributed by atoms with Crippen LogP contribution in [0.4, 0.5) is 5.69 Å². The molecule has 0 fully saturated rings. The van der Waals surface area contributed by atoms with Crippen LogP contribution >= 0.6 is 0 Å². The Kier molecular flexibility index (Phi) is 4.47. The molecule has 0 aliphatic carbocycles. The first kappa shape index (κ1) is 13.0. The Morgan fingerprint density at radius 3 is 2.71 bits per heavy atom. The number of benzene rings is 1. The highest BCUT2D eigenvalue weighted by Crippen LogP contribution is 2.06. The van der Waals surface area contributed by atoms with E-state index in [-0.39, 0.29) is 18.9 Å². The van der Waals surface area contributed by atoms with Gasteiger partial charge in [-0.3, -0.25) is 4.79 Å². The van der Waals surface area contributed by atoms with Gasteiger partial charge in [0.2, 0.25) is 5.91 Å². The molecule has 92 valence electrons. The number of nitrogen functional groups attached to an aromatic ring is 1. The van der Waals surface area contributed by atoms with Crippen molar-refractivity contribution in [1.82, 2.24) is 5.32 Å². The van der Waals surface area contributed by atoms with Crippen molar-refractivity contribution in [2.45, 2.75) is 12.5 Å². The van der Waals surface area contributed by atoms with E-state index >= 15 is 0 Å². The highest BCUT2D eigenvalue weighted by atomic mass is 16.4. The van der Waals surface area contributed by atoms with E-state index in [1.54, 1.807) is 24.3 Å². The predicted octanol–water partition coefficient (Wildman–Crippen LogP) is -0.627. The van der Waals surface area contributed by atoms with E-state index in [2.05, 4.69) is 5.32 Å². The molecule has 0 saturated heterocycles. The topological polar surface area (TPSA) is 113 Å². The fourth-order valence-corrected chi connectivity index (χ4v) is 1.25. The van der Waals surface area contributed by atoms with Gasteiger partial charge in [0.25, 0.3) is 0 Å². The summed E-state index contributed by atoms with van der Waals surface area (Å²) >= 11 is 0. The lowest BCUT2D eigenvalue weighted by atomic mass is 10.1.